The molecule has 1 aliphatic heterocycles. The summed E-state index contributed by atoms with van der Waals surface area (Å²) in [5.74, 6) is 4.58. The first kappa shape index (κ1) is 32.1. The van der Waals surface area contributed by atoms with Crippen molar-refractivity contribution in [3.05, 3.63) is 47.5 Å². The van der Waals surface area contributed by atoms with Gasteiger partial charge in [-0.15, -0.1) is 10.2 Å². The SMILES string of the molecule is CCC(C)C(C)C(C)c1ccc2c(c1)N=Nc1cc(C(C)C(C)C(C)CC)ccc1OCCOCCOCCO2. The highest BCUT2D eigenvalue weighted by molar-refractivity contribution is 5.57. The van der Waals surface area contributed by atoms with Crippen LogP contribution in [-0.4, -0.2) is 39.6 Å². The second-order valence-electron chi connectivity index (χ2n) is 11.6. The lowest BCUT2D eigenvalue weighted by Gasteiger charge is -2.26. The first-order valence-corrected chi connectivity index (χ1v) is 15.4. The van der Waals surface area contributed by atoms with Crippen molar-refractivity contribution >= 4 is 11.4 Å². The number of nitrogens with zero attached hydrogens (tertiary/aromatic N) is 2. The van der Waals surface area contributed by atoms with E-state index in [1.807, 2.05) is 12.1 Å². The maximum atomic E-state index is 6.12. The van der Waals surface area contributed by atoms with Crippen molar-refractivity contribution < 1.29 is 18.9 Å². The Morgan fingerprint density at radius 1 is 0.575 bits per heavy atom. The lowest BCUT2D eigenvalue weighted by atomic mass is 9.80. The fraction of sp³-hybridized carbons (Fsp3) is 0.647. The summed E-state index contributed by atoms with van der Waals surface area (Å²) >= 11 is 0. The Morgan fingerprint density at radius 3 is 1.32 bits per heavy atom. The molecule has 0 fully saturated rings. The van der Waals surface area contributed by atoms with Crippen LogP contribution < -0.4 is 9.47 Å². The summed E-state index contributed by atoms with van der Waals surface area (Å²) < 4.78 is 23.6. The molecule has 2 aromatic rings. The molecule has 6 heteroatoms. The van der Waals surface area contributed by atoms with Crippen molar-refractivity contribution in [3.63, 3.8) is 0 Å². The van der Waals surface area contributed by atoms with Gasteiger partial charge in [0.15, 0.2) is 0 Å². The van der Waals surface area contributed by atoms with Crippen molar-refractivity contribution in [2.45, 2.75) is 80.1 Å². The van der Waals surface area contributed by atoms with E-state index < -0.39 is 0 Å². The zero-order valence-electron chi connectivity index (χ0n) is 26.1. The van der Waals surface area contributed by atoms with E-state index in [1.54, 1.807) is 0 Å². The number of fused-ring (bicyclic) bond motifs is 2. The fourth-order valence-electron chi connectivity index (χ4n) is 5.22. The van der Waals surface area contributed by atoms with Crippen LogP contribution >= 0.6 is 0 Å². The summed E-state index contributed by atoms with van der Waals surface area (Å²) in [7, 11) is 0. The monoisotopic (exact) mass is 552 g/mol. The molecule has 2 aromatic carbocycles. The lowest BCUT2D eigenvalue weighted by molar-refractivity contribution is 0.0274. The third kappa shape index (κ3) is 8.78. The molecule has 3 rings (SSSR count). The van der Waals surface area contributed by atoms with Gasteiger partial charge in [-0.2, -0.15) is 0 Å². The van der Waals surface area contributed by atoms with E-state index in [9.17, 15) is 0 Å². The van der Waals surface area contributed by atoms with Crippen LogP contribution in [0.5, 0.6) is 11.5 Å². The molecule has 1 heterocycles. The molecule has 40 heavy (non-hydrogen) atoms. The summed E-state index contributed by atoms with van der Waals surface area (Å²) in [4.78, 5) is 0. The Kier molecular flexibility index (Phi) is 12.9. The topological polar surface area (TPSA) is 61.6 Å². The lowest BCUT2D eigenvalue weighted by Crippen LogP contribution is -2.15. The van der Waals surface area contributed by atoms with Gasteiger partial charge < -0.3 is 18.9 Å². The number of ether oxygens (including phenoxy) is 4. The molecule has 0 saturated heterocycles. The highest BCUT2D eigenvalue weighted by Gasteiger charge is 2.22. The maximum absolute atomic E-state index is 6.12. The largest absolute Gasteiger partial charge is 0.489 e. The van der Waals surface area contributed by atoms with Crippen LogP contribution in [0.15, 0.2) is 46.6 Å². The summed E-state index contributed by atoms with van der Waals surface area (Å²) in [6.07, 6.45) is 2.33. The van der Waals surface area contributed by atoms with Gasteiger partial charge in [0.05, 0.1) is 26.4 Å². The highest BCUT2D eigenvalue weighted by Crippen LogP contribution is 2.40. The third-order valence-corrected chi connectivity index (χ3v) is 9.29. The van der Waals surface area contributed by atoms with Crippen LogP contribution in [0.4, 0.5) is 11.4 Å². The van der Waals surface area contributed by atoms with E-state index in [4.69, 9.17) is 29.2 Å². The average molecular weight is 553 g/mol. The highest BCUT2D eigenvalue weighted by atomic mass is 16.6. The van der Waals surface area contributed by atoms with Gasteiger partial charge in [0.25, 0.3) is 0 Å². The summed E-state index contributed by atoms with van der Waals surface area (Å²) in [5, 5.41) is 9.54. The molecular weight excluding hydrogens is 500 g/mol. The Bertz CT molecular complexity index is 988. The fourth-order valence-corrected chi connectivity index (χ4v) is 5.22. The average Bonchev–Trinajstić information content (AvgIpc) is 2.98. The molecule has 0 radical (unpaired) electrons. The molecule has 0 spiro atoms. The van der Waals surface area contributed by atoms with E-state index in [0.29, 0.717) is 86.6 Å². The molecular formula is C34H52N2O4. The normalized spacial score (nSPS) is 19.6. The van der Waals surface area contributed by atoms with Crippen molar-refractivity contribution in [1.29, 1.82) is 0 Å². The standard InChI is InChI=1S/C34H52N2O4/c1-9-23(3)25(5)27(7)29-11-13-33-31(21-29)35-36-32-22-30(28(8)26(6)24(4)10-2)12-14-34(32)40-20-18-38-16-15-37-17-19-39-33/h11-14,21-28H,9-10,15-20H2,1-8H3. The number of azo groups is 1. The molecule has 0 aliphatic carbocycles. The Hall–Kier alpha value is -2.44. The molecule has 0 saturated carbocycles. The molecule has 0 N–H and O–H groups in total. The second kappa shape index (κ2) is 16.1. The Balaban J connectivity index is 2.01. The van der Waals surface area contributed by atoms with Gasteiger partial charge in [-0.05, 0) is 70.9 Å². The summed E-state index contributed by atoms with van der Waals surface area (Å²) in [6, 6.07) is 12.7. The first-order valence-electron chi connectivity index (χ1n) is 15.4. The second-order valence-corrected chi connectivity index (χ2v) is 11.6. The van der Waals surface area contributed by atoms with Gasteiger partial charge in [0, 0.05) is 0 Å². The van der Waals surface area contributed by atoms with Gasteiger partial charge in [-0.1, -0.05) is 80.4 Å². The molecule has 6 nitrogen and oxygen atoms in total. The van der Waals surface area contributed by atoms with E-state index in [-0.39, 0.29) is 0 Å². The van der Waals surface area contributed by atoms with Gasteiger partial charge in [-0.25, -0.2) is 0 Å². The minimum Gasteiger partial charge on any atom is -0.489 e. The minimum absolute atomic E-state index is 0.393. The molecule has 1 aliphatic rings. The van der Waals surface area contributed by atoms with E-state index in [2.05, 4.69) is 79.7 Å². The zero-order chi connectivity index (χ0) is 29.1. The minimum atomic E-state index is 0.393. The summed E-state index contributed by atoms with van der Waals surface area (Å²) in [6.45, 7) is 21.4. The van der Waals surface area contributed by atoms with Crippen LogP contribution in [0.1, 0.15) is 91.2 Å². The molecule has 6 atom stereocenters. The smallest absolute Gasteiger partial charge is 0.146 e. The van der Waals surface area contributed by atoms with Crippen LogP contribution in [0.25, 0.3) is 0 Å². The van der Waals surface area contributed by atoms with Gasteiger partial charge in [0.2, 0.25) is 0 Å². The van der Waals surface area contributed by atoms with E-state index >= 15 is 0 Å². The predicted octanol–water partition coefficient (Wildman–Crippen LogP) is 9.48. The van der Waals surface area contributed by atoms with Gasteiger partial charge in [0.1, 0.15) is 36.1 Å². The molecule has 0 aromatic heterocycles. The number of hydrogen-bond acceptors (Lipinski definition) is 6. The van der Waals surface area contributed by atoms with Crippen molar-refractivity contribution in [1.82, 2.24) is 0 Å². The Morgan fingerprint density at radius 2 is 0.950 bits per heavy atom. The number of hydrogen-bond donors (Lipinski definition) is 0. The van der Waals surface area contributed by atoms with Crippen LogP contribution in [-0.2, 0) is 9.47 Å². The third-order valence-electron chi connectivity index (χ3n) is 9.29. The predicted molar refractivity (Wildman–Crippen MR) is 164 cm³/mol. The Labute approximate surface area is 242 Å². The van der Waals surface area contributed by atoms with Crippen molar-refractivity contribution in [2.24, 2.45) is 33.9 Å². The maximum Gasteiger partial charge on any atom is 0.146 e. The van der Waals surface area contributed by atoms with Crippen LogP contribution in [0.2, 0.25) is 0 Å². The first-order chi connectivity index (χ1) is 19.3. The number of rotatable bonds is 8. The van der Waals surface area contributed by atoms with E-state index in [1.165, 1.54) is 11.1 Å². The number of benzene rings is 2. The quantitative estimate of drug-likeness (QED) is 0.327. The zero-order valence-corrected chi connectivity index (χ0v) is 26.1. The van der Waals surface area contributed by atoms with E-state index in [0.717, 1.165) is 24.2 Å². The van der Waals surface area contributed by atoms with Crippen molar-refractivity contribution in [2.75, 3.05) is 39.6 Å². The van der Waals surface area contributed by atoms with Crippen LogP contribution in [0.3, 0.4) is 0 Å². The van der Waals surface area contributed by atoms with Crippen molar-refractivity contribution in [3.8, 4) is 11.5 Å². The van der Waals surface area contributed by atoms with Gasteiger partial charge >= 0.3 is 0 Å². The molecule has 0 bridgehead atoms. The molecule has 0 amide bonds. The van der Waals surface area contributed by atoms with Crippen LogP contribution in [0, 0.1) is 23.7 Å². The summed E-state index contributed by atoms with van der Waals surface area (Å²) in [5.41, 5.74) is 3.96. The molecule has 222 valence electrons. The van der Waals surface area contributed by atoms with Gasteiger partial charge in [-0.3, -0.25) is 0 Å². The molecule has 6 unspecified atom stereocenters.